The van der Waals surface area contributed by atoms with Gasteiger partial charge in [0, 0.05) is 5.57 Å². The molecule has 1 atom stereocenters. The lowest BCUT2D eigenvalue weighted by atomic mass is 10.1. The fraction of sp³-hybridized carbons (Fsp3) is 0.692. The van der Waals surface area contributed by atoms with E-state index in [4.69, 9.17) is 9.84 Å². The van der Waals surface area contributed by atoms with Crippen LogP contribution in [-0.2, 0) is 14.3 Å². The van der Waals surface area contributed by atoms with Crippen LogP contribution in [0, 0.1) is 0 Å². The lowest BCUT2D eigenvalue weighted by molar-refractivity contribution is -0.149. The van der Waals surface area contributed by atoms with Gasteiger partial charge < -0.3 is 9.84 Å². The molecule has 0 fully saturated rings. The number of rotatable bonds is 9. The topological polar surface area (TPSA) is 63.6 Å². The van der Waals surface area contributed by atoms with Gasteiger partial charge in [-0.05, 0) is 19.8 Å². The van der Waals surface area contributed by atoms with E-state index in [2.05, 4.69) is 13.5 Å². The largest absolute Gasteiger partial charge is 0.478 e. The van der Waals surface area contributed by atoms with Crippen molar-refractivity contribution in [1.29, 1.82) is 0 Å². The number of hydrogen-bond donors (Lipinski definition) is 1. The van der Waals surface area contributed by atoms with E-state index < -0.39 is 11.9 Å². The van der Waals surface area contributed by atoms with Gasteiger partial charge in [-0.2, -0.15) is 0 Å². The molecule has 0 aliphatic carbocycles. The van der Waals surface area contributed by atoms with Crippen LogP contribution in [-0.4, -0.2) is 23.1 Å². The molecule has 0 aliphatic heterocycles. The summed E-state index contributed by atoms with van der Waals surface area (Å²) in [4.78, 5) is 21.8. The van der Waals surface area contributed by atoms with Gasteiger partial charge in [-0.3, -0.25) is 4.79 Å². The Morgan fingerprint density at radius 1 is 1.29 bits per heavy atom. The van der Waals surface area contributed by atoms with Crippen molar-refractivity contribution in [3.05, 3.63) is 12.2 Å². The molecule has 0 unspecified atom stereocenters. The zero-order valence-corrected chi connectivity index (χ0v) is 10.7. The number of carbonyl (C=O) groups is 2. The average molecular weight is 242 g/mol. The molecule has 0 rings (SSSR count). The molecule has 0 radical (unpaired) electrons. The van der Waals surface area contributed by atoms with Crippen molar-refractivity contribution in [2.45, 2.75) is 58.5 Å². The predicted molar refractivity (Wildman–Crippen MR) is 65.7 cm³/mol. The Kier molecular flexibility index (Phi) is 8.11. The standard InChI is InChI=1S/C13H22O4/c1-4-5-6-7-8-11(3)17-12(14)9-10(2)13(15)16/h11H,2,4-9H2,1,3H3,(H,15,16)/t11-/m1/s1. The normalized spacial score (nSPS) is 11.9. The highest BCUT2D eigenvalue weighted by Gasteiger charge is 2.14. The molecule has 0 aromatic carbocycles. The monoisotopic (exact) mass is 242 g/mol. The minimum absolute atomic E-state index is 0.131. The minimum atomic E-state index is -1.16. The molecule has 0 amide bonds. The van der Waals surface area contributed by atoms with Crippen molar-refractivity contribution in [1.82, 2.24) is 0 Å². The molecule has 0 spiro atoms. The zero-order valence-electron chi connectivity index (χ0n) is 10.7. The number of ether oxygens (including phenoxy) is 1. The van der Waals surface area contributed by atoms with E-state index in [1.54, 1.807) is 0 Å². The Hall–Kier alpha value is -1.32. The van der Waals surface area contributed by atoms with Crippen LogP contribution >= 0.6 is 0 Å². The van der Waals surface area contributed by atoms with Gasteiger partial charge in [0.05, 0.1) is 12.5 Å². The van der Waals surface area contributed by atoms with Gasteiger partial charge in [-0.1, -0.05) is 32.8 Å². The Balaban J connectivity index is 3.72. The van der Waals surface area contributed by atoms with Crippen LogP contribution in [0.1, 0.15) is 52.4 Å². The van der Waals surface area contributed by atoms with Crippen LogP contribution in [0.25, 0.3) is 0 Å². The summed E-state index contributed by atoms with van der Waals surface area (Å²) in [6.07, 6.45) is 4.96. The molecule has 0 saturated carbocycles. The van der Waals surface area contributed by atoms with E-state index in [9.17, 15) is 9.59 Å². The highest BCUT2D eigenvalue weighted by Crippen LogP contribution is 2.10. The Morgan fingerprint density at radius 2 is 1.94 bits per heavy atom. The van der Waals surface area contributed by atoms with Gasteiger partial charge in [0.15, 0.2) is 0 Å². The maximum Gasteiger partial charge on any atom is 0.331 e. The summed E-state index contributed by atoms with van der Waals surface area (Å²) in [6.45, 7) is 7.25. The Labute approximate surface area is 103 Å². The summed E-state index contributed by atoms with van der Waals surface area (Å²) in [6, 6.07) is 0. The summed E-state index contributed by atoms with van der Waals surface area (Å²) in [7, 11) is 0. The van der Waals surface area contributed by atoms with Gasteiger partial charge in [0.1, 0.15) is 0 Å². The third kappa shape index (κ3) is 8.48. The first kappa shape index (κ1) is 15.7. The van der Waals surface area contributed by atoms with Crippen molar-refractivity contribution in [2.24, 2.45) is 0 Å². The highest BCUT2D eigenvalue weighted by atomic mass is 16.5. The molecular weight excluding hydrogens is 220 g/mol. The summed E-state index contributed by atoms with van der Waals surface area (Å²) < 4.78 is 5.09. The summed E-state index contributed by atoms with van der Waals surface area (Å²) in [5.74, 6) is -1.67. The molecular formula is C13H22O4. The Bertz CT molecular complexity index is 271. The molecule has 0 bridgehead atoms. The zero-order chi connectivity index (χ0) is 13.3. The van der Waals surface area contributed by atoms with Gasteiger partial charge >= 0.3 is 11.9 Å². The smallest absolute Gasteiger partial charge is 0.331 e. The number of hydrogen-bond acceptors (Lipinski definition) is 3. The first-order valence-electron chi connectivity index (χ1n) is 6.08. The molecule has 0 aromatic rings. The maximum absolute atomic E-state index is 11.3. The van der Waals surface area contributed by atoms with Gasteiger partial charge in [-0.25, -0.2) is 4.79 Å². The minimum Gasteiger partial charge on any atom is -0.478 e. The third-order valence-corrected chi connectivity index (χ3v) is 2.46. The number of carbonyl (C=O) groups excluding carboxylic acids is 1. The summed E-state index contributed by atoms with van der Waals surface area (Å²) >= 11 is 0. The van der Waals surface area contributed by atoms with Crippen LogP contribution in [0.5, 0.6) is 0 Å². The van der Waals surface area contributed by atoms with E-state index >= 15 is 0 Å². The van der Waals surface area contributed by atoms with E-state index in [1.165, 1.54) is 12.8 Å². The second kappa shape index (κ2) is 8.79. The molecule has 0 aliphatic rings. The summed E-state index contributed by atoms with van der Waals surface area (Å²) in [5.41, 5.74) is -0.131. The van der Waals surface area contributed by atoms with Gasteiger partial charge in [-0.15, -0.1) is 0 Å². The van der Waals surface area contributed by atoms with E-state index in [0.29, 0.717) is 0 Å². The first-order chi connectivity index (χ1) is 7.97. The van der Waals surface area contributed by atoms with Crippen LogP contribution in [0.4, 0.5) is 0 Å². The fourth-order valence-electron chi connectivity index (χ4n) is 1.43. The predicted octanol–water partition coefficient (Wildman–Crippen LogP) is 2.92. The Morgan fingerprint density at radius 3 is 2.47 bits per heavy atom. The molecule has 4 nitrogen and oxygen atoms in total. The van der Waals surface area contributed by atoms with Crippen molar-refractivity contribution in [2.75, 3.05) is 0 Å². The van der Waals surface area contributed by atoms with Crippen LogP contribution in [0.3, 0.4) is 0 Å². The lowest BCUT2D eigenvalue weighted by Crippen LogP contribution is -2.16. The lowest BCUT2D eigenvalue weighted by Gasteiger charge is -2.12. The van der Waals surface area contributed by atoms with Crippen molar-refractivity contribution < 1.29 is 19.4 Å². The van der Waals surface area contributed by atoms with E-state index in [1.807, 2.05) is 6.92 Å². The van der Waals surface area contributed by atoms with Crippen molar-refractivity contribution in [3.8, 4) is 0 Å². The second-order valence-corrected chi connectivity index (χ2v) is 4.24. The molecule has 1 N–H and O–H groups in total. The molecule has 4 heteroatoms. The quantitative estimate of drug-likeness (QED) is 0.383. The second-order valence-electron chi connectivity index (χ2n) is 4.24. The van der Waals surface area contributed by atoms with E-state index in [0.717, 1.165) is 19.3 Å². The van der Waals surface area contributed by atoms with Crippen molar-refractivity contribution in [3.63, 3.8) is 0 Å². The average Bonchev–Trinajstić information content (AvgIpc) is 2.24. The number of unbranched alkanes of at least 4 members (excludes halogenated alkanes) is 3. The van der Waals surface area contributed by atoms with Crippen molar-refractivity contribution >= 4 is 11.9 Å². The van der Waals surface area contributed by atoms with Gasteiger partial charge in [0.25, 0.3) is 0 Å². The fourth-order valence-corrected chi connectivity index (χ4v) is 1.43. The number of carboxylic acids is 1. The molecule has 17 heavy (non-hydrogen) atoms. The van der Waals surface area contributed by atoms with Gasteiger partial charge in [0.2, 0.25) is 0 Å². The third-order valence-electron chi connectivity index (χ3n) is 2.46. The van der Waals surface area contributed by atoms with Crippen LogP contribution < -0.4 is 0 Å². The number of esters is 1. The number of carboxylic acid groups (broad SMARTS) is 1. The first-order valence-corrected chi connectivity index (χ1v) is 6.08. The van der Waals surface area contributed by atoms with Crippen LogP contribution in [0.15, 0.2) is 12.2 Å². The van der Waals surface area contributed by atoms with Crippen LogP contribution in [0.2, 0.25) is 0 Å². The SMILES string of the molecule is C=C(CC(=O)O[C@H](C)CCCCCC)C(=O)O. The molecule has 0 aromatic heterocycles. The maximum atomic E-state index is 11.3. The number of aliphatic carboxylic acids is 1. The molecule has 98 valence electrons. The molecule has 0 saturated heterocycles. The molecule has 0 heterocycles. The van der Waals surface area contributed by atoms with E-state index in [-0.39, 0.29) is 18.1 Å². The highest BCUT2D eigenvalue weighted by molar-refractivity contribution is 5.91. The summed E-state index contributed by atoms with van der Waals surface area (Å²) in [5, 5.41) is 8.56.